The van der Waals surface area contributed by atoms with Gasteiger partial charge in [-0.15, -0.1) is 0 Å². The summed E-state index contributed by atoms with van der Waals surface area (Å²) in [7, 11) is -0.801. The van der Waals surface area contributed by atoms with Crippen LogP contribution < -0.4 is 5.32 Å². The maximum absolute atomic E-state index is 12.0. The highest BCUT2D eigenvalue weighted by Crippen LogP contribution is 2.20. The SMILES string of the molecule is CS(=O)CCCNC(=O)c1ccc2cc(Br)ccc2c1. The molecule has 1 unspecified atom stereocenters. The van der Waals surface area contributed by atoms with Crippen molar-refractivity contribution in [3.8, 4) is 0 Å². The molecule has 106 valence electrons. The van der Waals surface area contributed by atoms with Gasteiger partial charge in [-0.2, -0.15) is 0 Å². The third-order valence-corrected chi connectivity index (χ3v) is 4.32. The second-order valence-corrected chi connectivity index (χ2v) is 7.06. The summed E-state index contributed by atoms with van der Waals surface area (Å²) >= 11 is 3.43. The van der Waals surface area contributed by atoms with Crippen LogP contribution in [-0.2, 0) is 10.8 Å². The summed E-state index contributed by atoms with van der Waals surface area (Å²) in [6.45, 7) is 0.552. The molecular formula is C15H16BrNO2S. The average Bonchev–Trinajstić information content (AvgIpc) is 2.42. The van der Waals surface area contributed by atoms with Gasteiger partial charge in [0.25, 0.3) is 5.91 Å². The highest BCUT2D eigenvalue weighted by atomic mass is 79.9. The van der Waals surface area contributed by atoms with Crippen molar-refractivity contribution in [1.82, 2.24) is 5.32 Å². The van der Waals surface area contributed by atoms with Gasteiger partial charge in [-0.3, -0.25) is 9.00 Å². The van der Waals surface area contributed by atoms with E-state index in [4.69, 9.17) is 0 Å². The highest BCUT2D eigenvalue weighted by molar-refractivity contribution is 9.10. The molecule has 0 spiro atoms. The van der Waals surface area contributed by atoms with E-state index in [0.717, 1.165) is 21.7 Å². The molecule has 2 rings (SSSR count). The van der Waals surface area contributed by atoms with Crippen LogP contribution in [0.5, 0.6) is 0 Å². The van der Waals surface area contributed by atoms with Gasteiger partial charge in [0.1, 0.15) is 0 Å². The molecule has 0 aliphatic heterocycles. The van der Waals surface area contributed by atoms with Gasteiger partial charge in [0.2, 0.25) is 0 Å². The first kappa shape index (κ1) is 15.2. The number of rotatable bonds is 5. The van der Waals surface area contributed by atoms with Crippen LogP contribution >= 0.6 is 15.9 Å². The maximum Gasteiger partial charge on any atom is 0.251 e. The Bertz CT molecular complexity index is 657. The van der Waals surface area contributed by atoms with E-state index in [1.54, 1.807) is 6.26 Å². The van der Waals surface area contributed by atoms with E-state index in [9.17, 15) is 9.00 Å². The van der Waals surface area contributed by atoms with Crippen molar-refractivity contribution >= 4 is 43.4 Å². The number of amides is 1. The lowest BCUT2D eigenvalue weighted by molar-refractivity contribution is 0.0954. The molecule has 1 N–H and O–H groups in total. The number of carbonyl (C=O) groups is 1. The molecule has 0 bridgehead atoms. The zero-order valence-corrected chi connectivity index (χ0v) is 13.6. The number of carbonyl (C=O) groups excluding carboxylic acids is 1. The zero-order valence-electron chi connectivity index (χ0n) is 11.2. The lowest BCUT2D eigenvalue weighted by Crippen LogP contribution is -2.25. The third-order valence-electron chi connectivity index (χ3n) is 2.96. The van der Waals surface area contributed by atoms with Crippen molar-refractivity contribution in [3.63, 3.8) is 0 Å². The van der Waals surface area contributed by atoms with Crippen molar-refractivity contribution < 1.29 is 9.00 Å². The number of hydrogen-bond donors (Lipinski definition) is 1. The Morgan fingerprint density at radius 1 is 1.20 bits per heavy atom. The Kier molecular flexibility index (Phi) is 5.31. The second-order valence-electron chi connectivity index (χ2n) is 4.59. The molecule has 0 heterocycles. The summed E-state index contributed by atoms with van der Waals surface area (Å²) in [6, 6.07) is 11.6. The molecule has 0 aromatic heterocycles. The molecule has 0 radical (unpaired) electrons. The number of benzene rings is 2. The minimum absolute atomic E-state index is 0.0864. The van der Waals surface area contributed by atoms with E-state index in [0.29, 0.717) is 17.9 Å². The molecule has 3 nitrogen and oxygen atoms in total. The van der Waals surface area contributed by atoms with E-state index in [-0.39, 0.29) is 5.91 Å². The molecule has 2 aromatic carbocycles. The molecule has 0 aliphatic rings. The van der Waals surface area contributed by atoms with Gasteiger partial charge in [0.05, 0.1) is 0 Å². The monoisotopic (exact) mass is 353 g/mol. The average molecular weight is 354 g/mol. The van der Waals surface area contributed by atoms with E-state index in [1.165, 1.54) is 0 Å². The Hall–Kier alpha value is -1.20. The Morgan fingerprint density at radius 3 is 2.65 bits per heavy atom. The minimum Gasteiger partial charge on any atom is -0.352 e. The normalized spacial score (nSPS) is 12.3. The fraction of sp³-hybridized carbons (Fsp3) is 0.267. The summed E-state index contributed by atoms with van der Waals surface area (Å²) in [6.07, 6.45) is 2.40. The fourth-order valence-corrected chi connectivity index (χ4v) is 2.87. The molecule has 0 aliphatic carbocycles. The number of halogens is 1. The zero-order chi connectivity index (χ0) is 14.5. The molecule has 20 heavy (non-hydrogen) atoms. The summed E-state index contributed by atoms with van der Waals surface area (Å²) in [4.78, 5) is 12.0. The van der Waals surface area contributed by atoms with E-state index in [2.05, 4.69) is 21.2 Å². The van der Waals surface area contributed by atoms with Crippen LogP contribution in [0.1, 0.15) is 16.8 Å². The van der Waals surface area contributed by atoms with Crippen LogP contribution in [0.15, 0.2) is 40.9 Å². The van der Waals surface area contributed by atoms with Crippen LogP contribution in [0, 0.1) is 0 Å². The van der Waals surface area contributed by atoms with Gasteiger partial charge in [0, 0.05) is 39.4 Å². The molecule has 5 heteroatoms. The largest absolute Gasteiger partial charge is 0.352 e. The van der Waals surface area contributed by atoms with E-state index in [1.807, 2.05) is 36.4 Å². The molecule has 0 saturated carbocycles. The topological polar surface area (TPSA) is 46.2 Å². The molecule has 0 saturated heterocycles. The summed E-state index contributed by atoms with van der Waals surface area (Å²) in [5, 5.41) is 4.98. The Balaban J connectivity index is 2.03. The lowest BCUT2D eigenvalue weighted by Gasteiger charge is -2.06. The van der Waals surface area contributed by atoms with Gasteiger partial charge in [-0.25, -0.2) is 0 Å². The van der Waals surface area contributed by atoms with Crippen molar-refractivity contribution in [1.29, 1.82) is 0 Å². The van der Waals surface area contributed by atoms with Gasteiger partial charge in [0.15, 0.2) is 0 Å². The van der Waals surface area contributed by atoms with Crippen molar-refractivity contribution in [3.05, 3.63) is 46.4 Å². The number of nitrogens with one attached hydrogen (secondary N) is 1. The smallest absolute Gasteiger partial charge is 0.251 e. The van der Waals surface area contributed by atoms with E-state index < -0.39 is 10.8 Å². The summed E-state index contributed by atoms with van der Waals surface area (Å²) in [5.41, 5.74) is 0.650. The van der Waals surface area contributed by atoms with Crippen molar-refractivity contribution in [2.45, 2.75) is 6.42 Å². The Morgan fingerprint density at radius 2 is 1.90 bits per heavy atom. The lowest BCUT2D eigenvalue weighted by atomic mass is 10.1. The quantitative estimate of drug-likeness (QED) is 0.839. The maximum atomic E-state index is 12.0. The number of fused-ring (bicyclic) bond motifs is 1. The van der Waals surface area contributed by atoms with Gasteiger partial charge in [-0.1, -0.05) is 28.1 Å². The van der Waals surface area contributed by atoms with Gasteiger partial charge in [-0.05, 0) is 41.5 Å². The number of hydrogen-bond acceptors (Lipinski definition) is 2. The predicted octanol–water partition coefficient (Wildman–Crippen LogP) is 3.10. The van der Waals surface area contributed by atoms with Crippen LogP contribution in [0.4, 0.5) is 0 Å². The Labute approximate surface area is 129 Å². The van der Waals surface area contributed by atoms with Gasteiger partial charge >= 0.3 is 0 Å². The van der Waals surface area contributed by atoms with E-state index >= 15 is 0 Å². The molecule has 1 amide bonds. The standard InChI is InChI=1S/C15H16BrNO2S/c1-20(19)8-2-7-17-15(18)13-4-3-12-10-14(16)6-5-11(12)9-13/h3-6,9-10H,2,7-8H2,1H3,(H,17,18). The highest BCUT2D eigenvalue weighted by Gasteiger charge is 2.06. The first-order valence-corrected chi connectivity index (χ1v) is 8.86. The molecule has 2 aromatic rings. The second kappa shape index (κ2) is 6.99. The molecule has 0 fully saturated rings. The molecular weight excluding hydrogens is 338 g/mol. The van der Waals surface area contributed by atoms with Gasteiger partial charge < -0.3 is 5.32 Å². The summed E-state index contributed by atoms with van der Waals surface area (Å²) < 4.78 is 11.9. The van der Waals surface area contributed by atoms with Crippen molar-refractivity contribution in [2.75, 3.05) is 18.6 Å². The first-order chi connectivity index (χ1) is 9.56. The minimum atomic E-state index is -0.801. The van der Waals surface area contributed by atoms with Crippen LogP contribution in [-0.4, -0.2) is 28.7 Å². The van der Waals surface area contributed by atoms with Crippen LogP contribution in [0.3, 0.4) is 0 Å². The van der Waals surface area contributed by atoms with Crippen LogP contribution in [0.2, 0.25) is 0 Å². The fourth-order valence-electron chi connectivity index (χ4n) is 1.94. The summed E-state index contributed by atoms with van der Waals surface area (Å²) in [5.74, 6) is 0.531. The third kappa shape index (κ3) is 4.15. The van der Waals surface area contributed by atoms with Crippen molar-refractivity contribution in [2.24, 2.45) is 0 Å². The van der Waals surface area contributed by atoms with Crippen LogP contribution in [0.25, 0.3) is 10.8 Å². The first-order valence-electron chi connectivity index (χ1n) is 6.34. The predicted molar refractivity (Wildman–Crippen MR) is 87.5 cm³/mol. The molecule has 1 atom stereocenters.